The molecule has 0 radical (unpaired) electrons. The van der Waals surface area contributed by atoms with Gasteiger partial charge in [-0.05, 0) is 38.6 Å². The Bertz CT molecular complexity index is 739. The second-order valence-corrected chi connectivity index (χ2v) is 6.97. The average molecular weight is 361 g/mol. The highest BCUT2D eigenvalue weighted by molar-refractivity contribution is 7.98. The fraction of sp³-hybridized carbons (Fsp3) is 0.368. The Morgan fingerprint density at radius 2 is 2.20 bits per heavy atom. The SMILES string of the molecule is C=CCn1c(CN(C)C/C(C)=C/C)nnc1SCc1cccc(F)c1. The van der Waals surface area contributed by atoms with Gasteiger partial charge in [-0.25, -0.2) is 4.39 Å². The second-order valence-electron chi connectivity index (χ2n) is 6.02. The summed E-state index contributed by atoms with van der Waals surface area (Å²) >= 11 is 1.56. The van der Waals surface area contributed by atoms with Crippen molar-refractivity contribution in [3.05, 3.63) is 65.8 Å². The third kappa shape index (κ3) is 5.83. The van der Waals surface area contributed by atoms with Crippen LogP contribution < -0.4 is 0 Å². The molecule has 0 unspecified atom stereocenters. The molecule has 0 aliphatic carbocycles. The van der Waals surface area contributed by atoms with Gasteiger partial charge >= 0.3 is 0 Å². The van der Waals surface area contributed by atoms with Crippen LogP contribution >= 0.6 is 11.8 Å². The molecule has 2 rings (SSSR count). The monoisotopic (exact) mass is 360 g/mol. The van der Waals surface area contributed by atoms with E-state index in [1.54, 1.807) is 23.9 Å². The lowest BCUT2D eigenvalue weighted by Crippen LogP contribution is -2.22. The number of hydrogen-bond donors (Lipinski definition) is 0. The smallest absolute Gasteiger partial charge is 0.191 e. The van der Waals surface area contributed by atoms with Crippen LogP contribution in [0, 0.1) is 5.82 Å². The summed E-state index contributed by atoms with van der Waals surface area (Å²) < 4.78 is 15.4. The highest BCUT2D eigenvalue weighted by Crippen LogP contribution is 2.23. The molecule has 0 spiro atoms. The molecule has 134 valence electrons. The number of allylic oxidation sites excluding steroid dienone is 2. The summed E-state index contributed by atoms with van der Waals surface area (Å²) in [6.07, 6.45) is 3.96. The van der Waals surface area contributed by atoms with Gasteiger partial charge in [0, 0.05) is 18.8 Å². The standard InChI is InChI=1S/C19H25FN4S/c1-5-10-24-18(13-23(4)12-15(3)6-2)21-22-19(24)25-14-16-8-7-9-17(20)11-16/h5-9,11H,1,10,12-14H2,2-4H3/b15-6+. The Kier molecular flexibility index (Phi) is 7.40. The van der Waals surface area contributed by atoms with Gasteiger partial charge in [0.2, 0.25) is 0 Å². The largest absolute Gasteiger partial charge is 0.301 e. The van der Waals surface area contributed by atoms with Crippen LogP contribution in [0.15, 0.2) is 53.7 Å². The van der Waals surface area contributed by atoms with Crippen LogP contribution in [-0.4, -0.2) is 33.3 Å². The van der Waals surface area contributed by atoms with Gasteiger partial charge in [0.05, 0.1) is 6.54 Å². The van der Waals surface area contributed by atoms with Crippen LogP contribution in [0.25, 0.3) is 0 Å². The summed E-state index contributed by atoms with van der Waals surface area (Å²) in [5, 5.41) is 9.49. The molecule has 2 aromatic rings. The number of thioether (sulfide) groups is 1. The molecule has 1 heterocycles. The molecule has 0 aliphatic heterocycles. The van der Waals surface area contributed by atoms with Gasteiger partial charge < -0.3 is 4.57 Å². The predicted molar refractivity (Wildman–Crippen MR) is 102 cm³/mol. The number of likely N-dealkylation sites (N-methyl/N-ethyl adjacent to an activating group) is 1. The van der Waals surface area contributed by atoms with E-state index >= 15 is 0 Å². The van der Waals surface area contributed by atoms with Gasteiger partial charge in [-0.2, -0.15) is 0 Å². The third-order valence-corrected chi connectivity index (χ3v) is 4.82. The summed E-state index contributed by atoms with van der Waals surface area (Å²) in [4.78, 5) is 2.21. The van der Waals surface area contributed by atoms with Gasteiger partial charge in [-0.15, -0.1) is 16.8 Å². The van der Waals surface area contributed by atoms with E-state index in [4.69, 9.17) is 0 Å². The minimum atomic E-state index is -0.215. The van der Waals surface area contributed by atoms with Gasteiger partial charge in [0.1, 0.15) is 11.6 Å². The van der Waals surface area contributed by atoms with Crippen LogP contribution in [0.4, 0.5) is 4.39 Å². The van der Waals surface area contributed by atoms with Gasteiger partial charge in [0.25, 0.3) is 0 Å². The molecule has 0 bridgehead atoms. The normalized spacial score (nSPS) is 12.0. The van der Waals surface area contributed by atoms with Crippen molar-refractivity contribution in [3.63, 3.8) is 0 Å². The molecule has 0 saturated carbocycles. The lowest BCUT2D eigenvalue weighted by Gasteiger charge is -2.17. The first-order valence-corrected chi connectivity index (χ1v) is 9.22. The topological polar surface area (TPSA) is 34.0 Å². The fourth-order valence-corrected chi connectivity index (χ4v) is 3.35. The summed E-state index contributed by atoms with van der Waals surface area (Å²) in [5.41, 5.74) is 2.25. The van der Waals surface area contributed by atoms with Crippen molar-refractivity contribution in [2.24, 2.45) is 0 Å². The first-order chi connectivity index (χ1) is 12.0. The molecular weight excluding hydrogens is 335 g/mol. The first-order valence-electron chi connectivity index (χ1n) is 8.24. The minimum Gasteiger partial charge on any atom is -0.301 e. The maximum Gasteiger partial charge on any atom is 0.191 e. The van der Waals surface area contributed by atoms with E-state index in [-0.39, 0.29) is 5.82 Å². The van der Waals surface area contributed by atoms with E-state index in [2.05, 4.69) is 46.3 Å². The molecule has 6 heteroatoms. The van der Waals surface area contributed by atoms with E-state index in [0.29, 0.717) is 18.8 Å². The van der Waals surface area contributed by atoms with Gasteiger partial charge in [-0.1, -0.05) is 41.6 Å². The van der Waals surface area contributed by atoms with Crippen molar-refractivity contribution >= 4 is 11.8 Å². The van der Waals surface area contributed by atoms with E-state index in [1.807, 2.05) is 19.1 Å². The molecule has 0 fully saturated rings. The molecule has 0 aliphatic rings. The molecule has 0 atom stereocenters. The lowest BCUT2D eigenvalue weighted by molar-refractivity contribution is 0.338. The van der Waals surface area contributed by atoms with Crippen LogP contribution in [-0.2, 0) is 18.8 Å². The summed E-state index contributed by atoms with van der Waals surface area (Å²) in [7, 11) is 2.07. The lowest BCUT2D eigenvalue weighted by atomic mass is 10.2. The number of aromatic nitrogens is 3. The average Bonchev–Trinajstić information content (AvgIpc) is 2.95. The van der Waals surface area contributed by atoms with E-state index in [0.717, 1.165) is 23.1 Å². The van der Waals surface area contributed by atoms with E-state index in [1.165, 1.54) is 11.6 Å². The fourth-order valence-electron chi connectivity index (χ4n) is 2.44. The maximum absolute atomic E-state index is 13.3. The third-order valence-electron chi connectivity index (χ3n) is 3.79. The Hall–Kier alpha value is -1.92. The van der Waals surface area contributed by atoms with Gasteiger partial charge in [0.15, 0.2) is 5.16 Å². The zero-order valence-corrected chi connectivity index (χ0v) is 15.9. The molecule has 0 N–H and O–H groups in total. The Balaban J connectivity index is 2.08. The number of hydrogen-bond acceptors (Lipinski definition) is 4. The number of benzene rings is 1. The first kappa shape index (κ1) is 19.4. The quantitative estimate of drug-likeness (QED) is 0.493. The molecule has 0 saturated heterocycles. The zero-order chi connectivity index (χ0) is 18.2. The molecule has 1 aromatic heterocycles. The Morgan fingerprint density at radius 1 is 1.40 bits per heavy atom. The highest BCUT2D eigenvalue weighted by Gasteiger charge is 2.14. The van der Waals surface area contributed by atoms with Crippen molar-refractivity contribution < 1.29 is 4.39 Å². The molecule has 4 nitrogen and oxygen atoms in total. The molecule has 25 heavy (non-hydrogen) atoms. The van der Waals surface area contributed by atoms with Gasteiger partial charge in [-0.3, -0.25) is 4.90 Å². The molecule has 0 amide bonds. The molecule has 1 aromatic carbocycles. The zero-order valence-electron chi connectivity index (χ0n) is 15.1. The van der Waals surface area contributed by atoms with Crippen molar-refractivity contribution in [2.75, 3.05) is 13.6 Å². The van der Waals surface area contributed by atoms with E-state index in [9.17, 15) is 4.39 Å². The van der Waals surface area contributed by atoms with Crippen LogP contribution in [0.1, 0.15) is 25.2 Å². The Labute approximate surface area is 153 Å². The second kappa shape index (κ2) is 9.53. The predicted octanol–water partition coefficient (Wildman–Crippen LogP) is 4.29. The van der Waals surface area contributed by atoms with Crippen molar-refractivity contribution in [1.29, 1.82) is 0 Å². The van der Waals surface area contributed by atoms with E-state index < -0.39 is 0 Å². The number of nitrogens with zero attached hydrogens (tertiary/aromatic N) is 4. The van der Waals surface area contributed by atoms with Crippen LogP contribution in [0.3, 0.4) is 0 Å². The minimum absolute atomic E-state index is 0.215. The van der Waals surface area contributed by atoms with Crippen LogP contribution in [0.5, 0.6) is 0 Å². The van der Waals surface area contributed by atoms with Crippen LogP contribution in [0.2, 0.25) is 0 Å². The number of rotatable bonds is 9. The highest BCUT2D eigenvalue weighted by atomic mass is 32.2. The van der Waals surface area contributed by atoms with Crippen molar-refractivity contribution in [3.8, 4) is 0 Å². The van der Waals surface area contributed by atoms with Crippen molar-refractivity contribution in [1.82, 2.24) is 19.7 Å². The molecular formula is C19H25FN4S. The maximum atomic E-state index is 13.3. The summed E-state index contributed by atoms with van der Waals surface area (Å²) in [6.45, 7) is 10.3. The van der Waals surface area contributed by atoms with Crippen molar-refractivity contribution in [2.45, 2.75) is 37.8 Å². The number of halogens is 1. The Morgan fingerprint density at radius 3 is 2.88 bits per heavy atom. The summed E-state index contributed by atoms with van der Waals surface area (Å²) in [6, 6.07) is 6.65. The summed E-state index contributed by atoms with van der Waals surface area (Å²) in [5.74, 6) is 1.35.